The Balaban J connectivity index is 0.000000785. The molecule has 1 atom stereocenters. The molecule has 1 heterocycles. The number of rotatable bonds is 11. The van der Waals surface area contributed by atoms with Crippen LogP contribution in [0.2, 0.25) is 0 Å². The van der Waals surface area contributed by atoms with Gasteiger partial charge in [0.05, 0.1) is 6.54 Å². The normalized spacial score (nSPS) is 15.6. The van der Waals surface area contributed by atoms with Gasteiger partial charge in [0.2, 0.25) is 17.7 Å². The SMILES string of the molecule is C/C=C(/C)C(=O)N(CC(=O)NC(CS(=O)(=O)O)C(=O)O)C(C)=O.CCCNC(=O)CN1CCN(C)CC1. The summed E-state index contributed by atoms with van der Waals surface area (Å²) in [7, 11) is -2.53. The summed E-state index contributed by atoms with van der Waals surface area (Å²) in [5.41, 5.74) is 0.195. The molecule has 212 valence electrons. The lowest BCUT2D eigenvalue weighted by Gasteiger charge is -2.31. The molecule has 4 N–H and O–H groups in total. The highest BCUT2D eigenvalue weighted by Gasteiger charge is 2.28. The van der Waals surface area contributed by atoms with Gasteiger partial charge in [-0.15, -0.1) is 0 Å². The predicted octanol–water partition coefficient (Wildman–Crippen LogP) is -1.46. The number of nitrogens with one attached hydrogen (secondary N) is 2. The molecule has 1 unspecified atom stereocenters. The minimum atomic E-state index is -4.64. The Morgan fingerprint density at radius 3 is 2.05 bits per heavy atom. The maximum atomic E-state index is 11.9. The van der Waals surface area contributed by atoms with Gasteiger partial charge in [-0.25, -0.2) is 4.79 Å². The van der Waals surface area contributed by atoms with Crippen molar-refractivity contribution in [2.75, 3.05) is 58.6 Å². The molecule has 15 heteroatoms. The number of imide groups is 1. The Hall–Kier alpha value is -2.88. The molecule has 1 saturated heterocycles. The lowest BCUT2D eigenvalue weighted by atomic mass is 10.2. The van der Waals surface area contributed by atoms with Crippen LogP contribution in [0.1, 0.15) is 34.1 Å². The summed E-state index contributed by atoms with van der Waals surface area (Å²) in [5, 5.41) is 13.5. The van der Waals surface area contributed by atoms with E-state index in [1.807, 2.05) is 5.32 Å². The number of piperazine rings is 1. The average molecular weight is 550 g/mol. The zero-order chi connectivity index (χ0) is 28.8. The summed E-state index contributed by atoms with van der Waals surface area (Å²) in [5.74, 6) is -5.31. The van der Waals surface area contributed by atoms with Gasteiger partial charge in [-0.3, -0.25) is 33.5 Å². The third-order valence-corrected chi connectivity index (χ3v) is 6.00. The van der Waals surface area contributed by atoms with E-state index in [2.05, 4.69) is 29.1 Å². The van der Waals surface area contributed by atoms with E-state index < -0.39 is 52.1 Å². The monoisotopic (exact) mass is 549 g/mol. The van der Waals surface area contributed by atoms with Crippen molar-refractivity contribution in [2.45, 2.75) is 40.2 Å². The van der Waals surface area contributed by atoms with Crippen LogP contribution in [-0.2, 0) is 34.1 Å². The molecular formula is C22H39N5O9S. The Morgan fingerprint density at radius 2 is 1.62 bits per heavy atom. The van der Waals surface area contributed by atoms with Gasteiger partial charge in [0.15, 0.2) is 0 Å². The summed E-state index contributed by atoms with van der Waals surface area (Å²) in [6.45, 7) is 10.8. The first kappa shape index (κ1) is 34.1. The molecule has 0 saturated carbocycles. The van der Waals surface area contributed by atoms with Gasteiger partial charge in [0.25, 0.3) is 16.0 Å². The number of aliphatic carboxylic acids is 1. The first-order chi connectivity index (χ1) is 17.1. The number of nitrogens with zero attached hydrogens (tertiary/aromatic N) is 3. The number of carbonyl (C=O) groups is 5. The molecule has 4 amide bonds. The molecule has 0 aliphatic carbocycles. The van der Waals surface area contributed by atoms with Crippen molar-refractivity contribution < 1.29 is 42.0 Å². The lowest BCUT2D eigenvalue weighted by molar-refractivity contribution is -0.145. The van der Waals surface area contributed by atoms with Crippen molar-refractivity contribution in [3.63, 3.8) is 0 Å². The van der Waals surface area contributed by atoms with Gasteiger partial charge in [-0.05, 0) is 27.3 Å². The van der Waals surface area contributed by atoms with Gasteiger partial charge in [-0.2, -0.15) is 8.42 Å². The Bertz CT molecular complexity index is 944. The van der Waals surface area contributed by atoms with Gasteiger partial charge in [0, 0.05) is 45.2 Å². The maximum Gasteiger partial charge on any atom is 0.327 e. The quantitative estimate of drug-likeness (QED) is 0.174. The molecule has 0 aromatic heterocycles. The fraction of sp³-hybridized carbons (Fsp3) is 0.682. The fourth-order valence-corrected chi connectivity index (χ4v) is 3.61. The average Bonchev–Trinajstić information content (AvgIpc) is 2.80. The van der Waals surface area contributed by atoms with Crippen molar-refractivity contribution in [1.29, 1.82) is 0 Å². The summed E-state index contributed by atoms with van der Waals surface area (Å²) in [6.07, 6.45) is 2.43. The van der Waals surface area contributed by atoms with Crippen LogP contribution in [-0.4, -0.2) is 127 Å². The summed E-state index contributed by atoms with van der Waals surface area (Å²) >= 11 is 0. The molecule has 37 heavy (non-hydrogen) atoms. The zero-order valence-corrected chi connectivity index (χ0v) is 22.8. The highest BCUT2D eigenvalue weighted by Crippen LogP contribution is 2.03. The van der Waals surface area contributed by atoms with Crippen LogP contribution in [0, 0.1) is 0 Å². The second-order valence-electron chi connectivity index (χ2n) is 8.52. The zero-order valence-electron chi connectivity index (χ0n) is 22.0. The van der Waals surface area contributed by atoms with Crippen molar-refractivity contribution >= 4 is 39.7 Å². The van der Waals surface area contributed by atoms with Crippen LogP contribution in [0.5, 0.6) is 0 Å². The van der Waals surface area contributed by atoms with Crippen molar-refractivity contribution in [1.82, 2.24) is 25.3 Å². The van der Waals surface area contributed by atoms with Crippen LogP contribution in [0.15, 0.2) is 11.6 Å². The number of likely N-dealkylation sites (N-methyl/N-ethyl adjacent to an activating group) is 1. The smallest absolute Gasteiger partial charge is 0.327 e. The summed E-state index contributed by atoms with van der Waals surface area (Å²) < 4.78 is 30.1. The van der Waals surface area contributed by atoms with Crippen molar-refractivity contribution in [3.05, 3.63) is 11.6 Å². The highest BCUT2D eigenvalue weighted by atomic mass is 32.2. The molecule has 1 rings (SSSR count). The molecule has 0 spiro atoms. The maximum absolute atomic E-state index is 11.9. The van der Waals surface area contributed by atoms with E-state index in [0.29, 0.717) is 11.4 Å². The topological polar surface area (TPSA) is 194 Å². The van der Waals surface area contributed by atoms with Crippen LogP contribution >= 0.6 is 0 Å². The predicted molar refractivity (Wildman–Crippen MR) is 135 cm³/mol. The first-order valence-electron chi connectivity index (χ1n) is 11.7. The minimum Gasteiger partial charge on any atom is -0.480 e. The molecule has 1 aliphatic heterocycles. The molecule has 14 nitrogen and oxygen atoms in total. The molecule has 0 aromatic rings. The third kappa shape index (κ3) is 15.1. The second kappa shape index (κ2) is 16.8. The largest absolute Gasteiger partial charge is 0.480 e. The van der Waals surface area contributed by atoms with E-state index in [1.54, 1.807) is 6.92 Å². The number of allylic oxidation sites excluding steroid dienone is 1. The number of hydrogen-bond acceptors (Lipinski definition) is 9. The number of hydrogen-bond donors (Lipinski definition) is 4. The number of carboxylic acids is 1. The Morgan fingerprint density at radius 1 is 1.05 bits per heavy atom. The molecule has 0 aromatic carbocycles. The second-order valence-corrected chi connectivity index (χ2v) is 10.0. The third-order valence-electron chi connectivity index (χ3n) is 5.24. The van der Waals surface area contributed by atoms with Crippen molar-refractivity contribution in [3.8, 4) is 0 Å². The molecular weight excluding hydrogens is 510 g/mol. The van der Waals surface area contributed by atoms with Gasteiger partial charge < -0.3 is 20.6 Å². The molecule has 1 aliphatic rings. The van der Waals surface area contributed by atoms with Crippen LogP contribution in [0.4, 0.5) is 0 Å². The molecule has 0 radical (unpaired) electrons. The summed E-state index contributed by atoms with van der Waals surface area (Å²) in [6, 6.07) is -1.91. The van der Waals surface area contributed by atoms with E-state index in [-0.39, 0.29) is 11.5 Å². The highest BCUT2D eigenvalue weighted by molar-refractivity contribution is 7.85. The first-order valence-corrected chi connectivity index (χ1v) is 13.3. The van der Waals surface area contributed by atoms with E-state index >= 15 is 0 Å². The van der Waals surface area contributed by atoms with Crippen LogP contribution < -0.4 is 10.6 Å². The molecule has 1 fully saturated rings. The number of carboxylic acid groups (broad SMARTS) is 1. The van der Waals surface area contributed by atoms with Crippen molar-refractivity contribution in [2.24, 2.45) is 0 Å². The van der Waals surface area contributed by atoms with E-state index in [4.69, 9.17) is 9.66 Å². The molecule has 0 bridgehead atoms. The fourth-order valence-electron chi connectivity index (χ4n) is 2.96. The van der Waals surface area contributed by atoms with E-state index in [1.165, 1.54) is 13.0 Å². The minimum absolute atomic E-state index is 0.163. The van der Waals surface area contributed by atoms with Crippen LogP contribution in [0.3, 0.4) is 0 Å². The van der Waals surface area contributed by atoms with Gasteiger partial charge >= 0.3 is 5.97 Å². The number of carbonyl (C=O) groups excluding carboxylic acids is 4. The Labute approximate surface area is 217 Å². The van der Waals surface area contributed by atoms with Gasteiger partial charge in [-0.1, -0.05) is 13.0 Å². The van der Waals surface area contributed by atoms with Gasteiger partial charge in [0.1, 0.15) is 18.3 Å². The lowest BCUT2D eigenvalue weighted by Crippen LogP contribution is -2.50. The van der Waals surface area contributed by atoms with E-state index in [0.717, 1.165) is 46.1 Å². The Kier molecular flexibility index (Phi) is 15.5. The summed E-state index contributed by atoms with van der Waals surface area (Å²) in [4.78, 5) is 62.4. The standard InChI is InChI=1S/C12H18N2O8S.C10H21N3O/c1-4-7(2)11(17)14(8(3)15)5-10(16)13-9(12(18)19)6-23(20,21)22;1-3-4-11-10(14)9-13-7-5-12(2)6-8-13/h4,9H,5-6H2,1-3H3,(H,13,16)(H,18,19)(H,20,21,22);3-9H2,1-2H3,(H,11,14)/b7-4-;. The van der Waals surface area contributed by atoms with E-state index in [9.17, 15) is 32.4 Å². The number of amides is 4. The van der Waals surface area contributed by atoms with Crippen LogP contribution in [0.25, 0.3) is 0 Å².